The number of fused-ring (bicyclic) bond motifs is 1. The second-order valence-electron chi connectivity index (χ2n) is 5.52. The minimum Gasteiger partial charge on any atom is -0.344 e. The van der Waals surface area contributed by atoms with Gasteiger partial charge in [0, 0.05) is 13.6 Å². The Kier molecular flexibility index (Phi) is 5.39. The highest BCUT2D eigenvalue weighted by atomic mass is 32.2. The standard InChI is InChI=1S/C15H19F2N3OS/c1-10(2)8-19(3)13(21)9-20-12-7-5-4-6-11(12)18-15(20)22-14(16)17/h4-7,10,14H,8-9H2,1-3H3. The van der Waals surface area contributed by atoms with Crippen LogP contribution in [0.5, 0.6) is 0 Å². The number of hydrogen-bond donors (Lipinski definition) is 0. The number of para-hydroxylation sites is 2. The lowest BCUT2D eigenvalue weighted by atomic mass is 10.2. The first-order chi connectivity index (χ1) is 10.4. The number of halogens is 2. The fourth-order valence-corrected chi connectivity index (χ4v) is 2.88. The third kappa shape index (κ3) is 3.97. The van der Waals surface area contributed by atoms with Crippen molar-refractivity contribution in [3.05, 3.63) is 24.3 Å². The zero-order valence-corrected chi connectivity index (χ0v) is 13.6. The Hall–Kier alpha value is -1.63. The Bertz CT molecular complexity index is 657. The Morgan fingerprint density at radius 3 is 2.68 bits per heavy atom. The number of imidazole rings is 1. The number of nitrogens with zero attached hydrogens (tertiary/aromatic N) is 3. The van der Waals surface area contributed by atoms with Crippen LogP contribution in [0.2, 0.25) is 0 Å². The van der Waals surface area contributed by atoms with Crippen LogP contribution in [0.4, 0.5) is 8.78 Å². The summed E-state index contributed by atoms with van der Waals surface area (Å²) in [5.74, 6) is -2.34. The number of carbonyl (C=O) groups is 1. The molecule has 7 heteroatoms. The van der Waals surface area contributed by atoms with Crippen LogP contribution in [0.3, 0.4) is 0 Å². The highest BCUT2D eigenvalue weighted by Crippen LogP contribution is 2.28. The van der Waals surface area contributed by atoms with Gasteiger partial charge in [-0.3, -0.25) is 4.79 Å². The summed E-state index contributed by atoms with van der Waals surface area (Å²) in [7, 11) is 1.72. The Labute approximate surface area is 132 Å². The van der Waals surface area contributed by atoms with Crippen LogP contribution in [0.15, 0.2) is 29.4 Å². The smallest absolute Gasteiger partial charge is 0.291 e. The molecule has 0 radical (unpaired) electrons. The van der Waals surface area contributed by atoms with Gasteiger partial charge < -0.3 is 9.47 Å². The predicted octanol–water partition coefficient (Wildman–Crippen LogP) is 3.47. The van der Waals surface area contributed by atoms with E-state index in [-0.39, 0.29) is 17.6 Å². The summed E-state index contributed by atoms with van der Waals surface area (Å²) >= 11 is 0.366. The molecule has 0 atom stereocenters. The van der Waals surface area contributed by atoms with Gasteiger partial charge in [-0.1, -0.05) is 26.0 Å². The molecule has 0 spiro atoms. The van der Waals surface area contributed by atoms with Gasteiger partial charge in [-0.2, -0.15) is 8.78 Å². The summed E-state index contributed by atoms with van der Waals surface area (Å²) in [5, 5.41) is 0.169. The second-order valence-corrected chi connectivity index (χ2v) is 6.47. The zero-order chi connectivity index (χ0) is 16.3. The summed E-state index contributed by atoms with van der Waals surface area (Å²) < 4.78 is 27.0. The molecule has 1 amide bonds. The fraction of sp³-hybridized carbons (Fsp3) is 0.467. The van der Waals surface area contributed by atoms with Crippen LogP contribution in [-0.4, -0.2) is 39.7 Å². The monoisotopic (exact) mass is 327 g/mol. The van der Waals surface area contributed by atoms with Crippen molar-refractivity contribution in [3.8, 4) is 0 Å². The van der Waals surface area contributed by atoms with E-state index < -0.39 is 5.76 Å². The average molecular weight is 327 g/mol. The van der Waals surface area contributed by atoms with E-state index >= 15 is 0 Å². The van der Waals surface area contributed by atoms with Crippen molar-refractivity contribution in [1.82, 2.24) is 14.5 Å². The van der Waals surface area contributed by atoms with Gasteiger partial charge in [-0.25, -0.2) is 4.98 Å². The van der Waals surface area contributed by atoms with Gasteiger partial charge in [-0.05, 0) is 29.8 Å². The maximum absolute atomic E-state index is 12.7. The average Bonchev–Trinajstić information content (AvgIpc) is 2.75. The molecule has 0 aliphatic heterocycles. The summed E-state index contributed by atoms with van der Waals surface area (Å²) in [6, 6.07) is 7.14. The number of hydrogen-bond acceptors (Lipinski definition) is 3. The molecule has 1 aromatic carbocycles. The summed E-state index contributed by atoms with van der Waals surface area (Å²) in [6.45, 7) is 4.69. The lowest BCUT2D eigenvalue weighted by Gasteiger charge is -2.20. The van der Waals surface area contributed by atoms with E-state index in [1.807, 2.05) is 13.8 Å². The van der Waals surface area contributed by atoms with Gasteiger partial charge in [0.05, 0.1) is 11.0 Å². The summed E-state index contributed by atoms with van der Waals surface area (Å²) in [6.07, 6.45) is 0. The molecule has 1 aromatic heterocycles. The Morgan fingerprint density at radius 1 is 1.36 bits per heavy atom. The van der Waals surface area contributed by atoms with Crippen LogP contribution in [0, 0.1) is 5.92 Å². The van der Waals surface area contributed by atoms with Crippen molar-refractivity contribution in [1.29, 1.82) is 0 Å². The highest BCUT2D eigenvalue weighted by molar-refractivity contribution is 7.99. The molecule has 0 saturated heterocycles. The first-order valence-electron chi connectivity index (χ1n) is 7.02. The molecule has 2 rings (SSSR count). The van der Waals surface area contributed by atoms with Crippen LogP contribution in [0.1, 0.15) is 13.8 Å². The summed E-state index contributed by atoms with van der Waals surface area (Å²) in [4.78, 5) is 18.1. The molecule has 120 valence electrons. The van der Waals surface area contributed by atoms with Gasteiger partial charge in [0.25, 0.3) is 5.76 Å². The van der Waals surface area contributed by atoms with E-state index in [4.69, 9.17) is 0 Å². The van der Waals surface area contributed by atoms with Gasteiger partial charge in [0.15, 0.2) is 5.16 Å². The van der Waals surface area contributed by atoms with Crippen LogP contribution < -0.4 is 0 Å². The van der Waals surface area contributed by atoms with Crippen LogP contribution >= 0.6 is 11.8 Å². The maximum atomic E-state index is 12.7. The van der Waals surface area contributed by atoms with E-state index in [0.717, 1.165) is 0 Å². The first kappa shape index (κ1) is 16.7. The van der Waals surface area contributed by atoms with Gasteiger partial charge in [0.1, 0.15) is 6.54 Å². The lowest BCUT2D eigenvalue weighted by Crippen LogP contribution is -2.33. The van der Waals surface area contributed by atoms with E-state index in [0.29, 0.717) is 35.3 Å². The molecular formula is C15H19F2N3OS. The molecule has 0 aliphatic rings. The van der Waals surface area contributed by atoms with Crippen molar-refractivity contribution in [2.45, 2.75) is 31.3 Å². The number of rotatable bonds is 6. The third-order valence-corrected chi connectivity index (χ3v) is 3.87. The molecule has 0 bridgehead atoms. The van der Waals surface area contributed by atoms with Crippen LogP contribution in [0.25, 0.3) is 11.0 Å². The van der Waals surface area contributed by atoms with E-state index in [1.54, 1.807) is 40.8 Å². The second kappa shape index (κ2) is 7.09. The molecule has 0 unspecified atom stereocenters. The van der Waals surface area contributed by atoms with Gasteiger partial charge in [0.2, 0.25) is 5.91 Å². The molecule has 2 aromatic rings. The molecule has 4 nitrogen and oxygen atoms in total. The normalized spacial score (nSPS) is 11.6. The number of thioether (sulfide) groups is 1. The zero-order valence-electron chi connectivity index (χ0n) is 12.8. The van der Waals surface area contributed by atoms with Crippen molar-refractivity contribution in [2.24, 2.45) is 5.92 Å². The van der Waals surface area contributed by atoms with Crippen LogP contribution in [-0.2, 0) is 11.3 Å². The van der Waals surface area contributed by atoms with Crippen molar-refractivity contribution in [2.75, 3.05) is 13.6 Å². The largest absolute Gasteiger partial charge is 0.344 e. The highest BCUT2D eigenvalue weighted by Gasteiger charge is 2.19. The first-order valence-corrected chi connectivity index (χ1v) is 7.90. The van der Waals surface area contributed by atoms with E-state index in [2.05, 4.69) is 4.98 Å². The maximum Gasteiger partial charge on any atom is 0.291 e. The minimum absolute atomic E-state index is 0.0127. The number of likely N-dealkylation sites (N-methyl/N-ethyl adjacent to an activating group) is 1. The number of aromatic nitrogens is 2. The van der Waals surface area contributed by atoms with E-state index in [9.17, 15) is 13.6 Å². The number of benzene rings is 1. The minimum atomic E-state index is -2.57. The molecule has 1 heterocycles. The van der Waals surface area contributed by atoms with Crippen molar-refractivity contribution < 1.29 is 13.6 Å². The molecule has 0 saturated carbocycles. The fourth-order valence-electron chi connectivity index (χ4n) is 2.28. The number of alkyl halides is 2. The van der Waals surface area contributed by atoms with Gasteiger partial charge >= 0.3 is 0 Å². The van der Waals surface area contributed by atoms with Gasteiger partial charge in [-0.15, -0.1) is 0 Å². The SMILES string of the molecule is CC(C)CN(C)C(=O)Cn1c(SC(F)F)nc2ccccc21. The van der Waals surface area contributed by atoms with E-state index in [1.165, 1.54) is 0 Å². The molecule has 0 N–H and O–H groups in total. The Morgan fingerprint density at radius 2 is 2.05 bits per heavy atom. The lowest BCUT2D eigenvalue weighted by molar-refractivity contribution is -0.131. The van der Waals surface area contributed by atoms with Crippen molar-refractivity contribution in [3.63, 3.8) is 0 Å². The quantitative estimate of drug-likeness (QED) is 0.763. The molecular weight excluding hydrogens is 308 g/mol. The number of amides is 1. The third-order valence-electron chi connectivity index (χ3n) is 3.17. The topological polar surface area (TPSA) is 38.1 Å². The molecule has 0 aliphatic carbocycles. The van der Waals surface area contributed by atoms with Crippen molar-refractivity contribution >= 4 is 28.7 Å². The summed E-state index contributed by atoms with van der Waals surface area (Å²) in [5.41, 5.74) is 1.31. The number of carbonyl (C=O) groups excluding carboxylic acids is 1. The molecule has 22 heavy (non-hydrogen) atoms. The Balaban J connectivity index is 2.30. The molecule has 0 fully saturated rings. The predicted molar refractivity (Wildman–Crippen MR) is 84.1 cm³/mol.